The van der Waals surface area contributed by atoms with E-state index in [9.17, 15) is 0 Å². The molecule has 1 unspecified atom stereocenters. The quantitative estimate of drug-likeness (QED) is 0.576. The number of H-pyrrole nitrogens is 1. The molecule has 1 aromatic heterocycles. The largest absolute Gasteiger partial charge is 0.341 e. The number of fused-ring (bicyclic) bond motifs is 1. The smallest absolute Gasteiger partial charge is 0.126 e. The SMILES string of the molecule is Cc1cc2[nH]c([C@@H]3CCCN3N3C=C(c4ccccc4)SC3C)nc2cc1Cl. The van der Waals surface area contributed by atoms with Gasteiger partial charge < -0.3 is 4.98 Å². The molecule has 6 heteroatoms. The highest BCUT2D eigenvalue weighted by molar-refractivity contribution is 8.09. The van der Waals surface area contributed by atoms with E-state index in [1.165, 1.54) is 16.9 Å². The molecule has 28 heavy (non-hydrogen) atoms. The first kappa shape index (κ1) is 18.1. The average molecular weight is 411 g/mol. The molecule has 1 fully saturated rings. The Kier molecular flexibility index (Phi) is 4.62. The van der Waals surface area contributed by atoms with Crippen molar-refractivity contribution in [2.45, 2.75) is 38.1 Å². The summed E-state index contributed by atoms with van der Waals surface area (Å²) in [6.07, 6.45) is 4.57. The molecule has 1 saturated heterocycles. The third kappa shape index (κ3) is 3.11. The van der Waals surface area contributed by atoms with Gasteiger partial charge in [-0.15, -0.1) is 0 Å². The van der Waals surface area contributed by atoms with Crippen LogP contribution >= 0.6 is 23.4 Å². The molecule has 0 bridgehead atoms. The van der Waals surface area contributed by atoms with Crippen LogP contribution in [0.3, 0.4) is 0 Å². The van der Waals surface area contributed by atoms with Gasteiger partial charge in [-0.05, 0) is 49.9 Å². The molecule has 0 saturated carbocycles. The molecule has 4 nitrogen and oxygen atoms in total. The summed E-state index contributed by atoms with van der Waals surface area (Å²) >= 11 is 8.22. The topological polar surface area (TPSA) is 35.2 Å². The second-order valence-electron chi connectivity index (χ2n) is 7.52. The molecular formula is C22H23ClN4S. The summed E-state index contributed by atoms with van der Waals surface area (Å²) in [4.78, 5) is 9.76. The molecule has 5 rings (SSSR count). The summed E-state index contributed by atoms with van der Waals surface area (Å²) in [6, 6.07) is 15.0. The molecule has 0 aliphatic carbocycles. The second-order valence-corrected chi connectivity index (χ2v) is 9.28. The van der Waals surface area contributed by atoms with Crippen LogP contribution in [0.15, 0.2) is 48.7 Å². The van der Waals surface area contributed by atoms with Gasteiger partial charge in [0, 0.05) is 22.7 Å². The van der Waals surface area contributed by atoms with Gasteiger partial charge in [0.2, 0.25) is 0 Å². The highest BCUT2D eigenvalue weighted by Gasteiger charge is 2.36. The van der Waals surface area contributed by atoms with E-state index in [0.717, 1.165) is 40.4 Å². The second kappa shape index (κ2) is 7.14. The van der Waals surface area contributed by atoms with Crippen LogP contribution < -0.4 is 0 Å². The van der Waals surface area contributed by atoms with Crippen molar-refractivity contribution in [1.29, 1.82) is 0 Å². The fourth-order valence-corrected chi connectivity index (χ4v) is 5.40. The van der Waals surface area contributed by atoms with Crippen molar-refractivity contribution >= 4 is 39.3 Å². The Morgan fingerprint density at radius 3 is 2.86 bits per heavy atom. The molecule has 1 N–H and O–H groups in total. The number of aromatic nitrogens is 2. The van der Waals surface area contributed by atoms with Crippen molar-refractivity contribution in [2.75, 3.05) is 6.54 Å². The van der Waals surface area contributed by atoms with Gasteiger partial charge in [0.15, 0.2) is 0 Å². The number of nitrogens with zero attached hydrogens (tertiary/aromatic N) is 3. The number of hydrogen-bond donors (Lipinski definition) is 1. The van der Waals surface area contributed by atoms with Crippen LogP contribution in [0.4, 0.5) is 0 Å². The van der Waals surface area contributed by atoms with E-state index in [1.807, 2.05) is 24.8 Å². The minimum Gasteiger partial charge on any atom is -0.341 e. The number of rotatable bonds is 3. The molecule has 2 aliphatic heterocycles. The van der Waals surface area contributed by atoms with Crippen molar-refractivity contribution < 1.29 is 0 Å². The first-order valence-electron chi connectivity index (χ1n) is 9.75. The van der Waals surface area contributed by atoms with E-state index in [0.29, 0.717) is 5.37 Å². The fourth-order valence-electron chi connectivity index (χ4n) is 4.14. The maximum absolute atomic E-state index is 6.30. The van der Waals surface area contributed by atoms with Gasteiger partial charge in [-0.25, -0.2) is 9.99 Å². The predicted molar refractivity (Wildman–Crippen MR) is 118 cm³/mol. The van der Waals surface area contributed by atoms with Crippen LogP contribution in [0.2, 0.25) is 5.02 Å². The number of hydrogen-bond acceptors (Lipinski definition) is 4. The Labute approximate surface area is 174 Å². The van der Waals surface area contributed by atoms with Gasteiger partial charge in [-0.1, -0.05) is 53.7 Å². The van der Waals surface area contributed by atoms with E-state index in [-0.39, 0.29) is 6.04 Å². The number of hydrazine groups is 1. The maximum Gasteiger partial charge on any atom is 0.126 e. The van der Waals surface area contributed by atoms with E-state index < -0.39 is 0 Å². The van der Waals surface area contributed by atoms with Gasteiger partial charge in [0.05, 0.1) is 22.4 Å². The summed E-state index contributed by atoms with van der Waals surface area (Å²) in [5, 5.41) is 6.02. The zero-order valence-electron chi connectivity index (χ0n) is 16.0. The fraction of sp³-hybridized carbons (Fsp3) is 0.318. The number of aryl methyl sites for hydroxylation is 1. The Hall–Kier alpha value is -1.95. The molecule has 2 atom stereocenters. The number of aromatic amines is 1. The van der Waals surface area contributed by atoms with Crippen molar-refractivity contribution in [3.05, 3.63) is 70.6 Å². The summed E-state index contributed by atoms with van der Waals surface area (Å²) < 4.78 is 0. The summed E-state index contributed by atoms with van der Waals surface area (Å²) in [7, 11) is 0. The Bertz CT molecular complexity index is 1010. The lowest BCUT2D eigenvalue weighted by atomic mass is 10.2. The van der Waals surface area contributed by atoms with Crippen LogP contribution in [-0.4, -0.2) is 31.9 Å². The summed E-state index contributed by atoms with van der Waals surface area (Å²) in [6.45, 7) is 5.35. The van der Waals surface area contributed by atoms with E-state index in [2.05, 4.69) is 64.5 Å². The standard InChI is InChI=1S/C22H23ClN4S/c1-14-11-18-19(12-17(14)23)25-22(24-18)20-9-6-10-26(20)27-13-21(28-15(27)2)16-7-4-3-5-8-16/h3-5,7-8,11-13,15,20H,6,9-10H2,1-2H3,(H,24,25)/t15?,20-/m0/s1. The zero-order valence-corrected chi connectivity index (χ0v) is 17.6. The van der Waals surface area contributed by atoms with Gasteiger partial charge >= 0.3 is 0 Å². The lowest BCUT2D eigenvalue weighted by Crippen LogP contribution is -2.41. The zero-order chi connectivity index (χ0) is 19.3. The monoisotopic (exact) mass is 410 g/mol. The van der Waals surface area contributed by atoms with Crippen molar-refractivity contribution in [1.82, 2.24) is 20.0 Å². The molecule has 0 spiro atoms. The number of benzene rings is 2. The van der Waals surface area contributed by atoms with Crippen LogP contribution in [0.25, 0.3) is 15.9 Å². The first-order valence-corrected chi connectivity index (χ1v) is 11.0. The molecule has 3 aromatic rings. The number of imidazole rings is 1. The van der Waals surface area contributed by atoms with Crippen LogP contribution in [-0.2, 0) is 0 Å². The predicted octanol–water partition coefficient (Wildman–Crippen LogP) is 5.97. The molecule has 3 heterocycles. The molecule has 0 amide bonds. The van der Waals surface area contributed by atoms with Crippen LogP contribution in [0.1, 0.15) is 42.8 Å². The van der Waals surface area contributed by atoms with Crippen molar-refractivity contribution in [3.63, 3.8) is 0 Å². The van der Waals surface area contributed by atoms with Crippen LogP contribution in [0.5, 0.6) is 0 Å². The van der Waals surface area contributed by atoms with E-state index >= 15 is 0 Å². The van der Waals surface area contributed by atoms with E-state index in [4.69, 9.17) is 16.6 Å². The Morgan fingerprint density at radius 1 is 1.21 bits per heavy atom. The Morgan fingerprint density at radius 2 is 2.04 bits per heavy atom. The highest BCUT2D eigenvalue weighted by Crippen LogP contribution is 2.44. The normalized spacial score (nSPS) is 23.0. The lowest BCUT2D eigenvalue weighted by molar-refractivity contribution is 0.00255. The molecular weight excluding hydrogens is 388 g/mol. The van der Waals surface area contributed by atoms with Crippen LogP contribution in [0, 0.1) is 6.92 Å². The first-order chi connectivity index (χ1) is 13.6. The summed E-state index contributed by atoms with van der Waals surface area (Å²) in [5.74, 6) is 1.04. The lowest BCUT2D eigenvalue weighted by Gasteiger charge is -2.35. The van der Waals surface area contributed by atoms with Gasteiger partial charge in [-0.2, -0.15) is 0 Å². The summed E-state index contributed by atoms with van der Waals surface area (Å²) in [5.41, 5.74) is 4.37. The maximum atomic E-state index is 6.30. The van der Waals surface area contributed by atoms with Gasteiger partial charge in [0.25, 0.3) is 0 Å². The molecule has 2 aliphatic rings. The number of thioether (sulfide) groups is 1. The molecule has 144 valence electrons. The third-order valence-corrected chi connectivity index (χ3v) is 7.15. The Balaban J connectivity index is 1.46. The van der Waals surface area contributed by atoms with Crippen molar-refractivity contribution in [2.24, 2.45) is 0 Å². The van der Waals surface area contributed by atoms with E-state index in [1.54, 1.807) is 0 Å². The molecule has 0 radical (unpaired) electrons. The number of halogens is 1. The van der Waals surface area contributed by atoms with Crippen molar-refractivity contribution in [3.8, 4) is 0 Å². The number of nitrogens with one attached hydrogen (secondary N) is 1. The average Bonchev–Trinajstić information content (AvgIpc) is 3.40. The third-order valence-electron chi connectivity index (χ3n) is 5.60. The minimum absolute atomic E-state index is 0.265. The van der Waals surface area contributed by atoms with Gasteiger partial charge in [0.1, 0.15) is 5.82 Å². The highest BCUT2D eigenvalue weighted by atomic mass is 35.5. The molecule has 2 aromatic carbocycles. The van der Waals surface area contributed by atoms with Gasteiger partial charge in [-0.3, -0.25) is 5.01 Å². The minimum atomic E-state index is 0.265.